The van der Waals surface area contributed by atoms with Crippen molar-refractivity contribution in [3.05, 3.63) is 233 Å². The molecular weight excluding hydrogens is 976 g/mol. The van der Waals surface area contributed by atoms with Gasteiger partial charge in [0.2, 0.25) is 0 Å². The van der Waals surface area contributed by atoms with Crippen molar-refractivity contribution in [1.29, 1.82) is 5.41 Å². The number of carboxylic acid groups (broad SMARTS) is 2. The Balaban J connectivity index is 0.000000180. The molecule has 8 heteroatoms. The predicted octanol–water partition coefficient (Wildman–Crippen LogP) is 12.8. The summed E-state index contributed by atoms with van der Waals surface area (Å²) >= 11 is 0. The molecule has 10 rings (SSSR count). The Morgan fingerprint density at radius 1 is 0.500 bits per heavy atom. The van der Waals surface area contributed by atoms with Gasteiger partial charge >= 0.3 is 0 Å². The van der Waals surface area contributed by atoms with Gasteiger partial charge in [-0.25, -0.2) is 0 Å². The molecule has 0 bridgehead atoms. The maximum absolute atomic E-state index is 12.9. The standard InChI is InChI=1S/C21H25N.C19H18O.C18H15P.2C2H4O2.Pd/c1-16-7-3-4-10-20(16)15-21(17(2)22)13-11-18-8-5-6-9-19(18)12-14-21;20-18-17-8-4-3-7-16(17)13-19(18)11-9-14-5-1-2-6-15(14)10-12-19;1-4-10-16(11-5-1)19(17-12-6-2-7-13-17)18-14-8-3-9-15-18;2*1-2(3)4;/h3-10,22H,11-15H2,1-2H3;1-8H,9-13H2;1-15H;2*1H3,(H,3,4);. The first-order valence-electron chi connectivity index (χ1n) is 24.0. The Hall–Kier alpha value is -6.09. The number of hydrogen-bond acceptors (Lipinski definition) is 4. The zero-order valence-corrected chi connectivity index (χ0v) is 43.3. The summed E-state index contributed by atoms with van der Waals surface area (Å²) < 4.78 is 0. The van der Waals surface area contributed by atoms with Crippen LogP contribution in [0.4, 0.5) is 0 Å². The van der Waals surface area contributed by atoms with Gasteiger partial charge in [-0.1, -0.05) is 188 Å². The van der Waals surface area contributed by atoms with Crippen molar-refractivity contribution in [2.24, 2.45) is 10.8 Å². The van der Waals surface area contributed by atoms with E-state index in [1.54, 1.807) is 0 Å². The molecule has 0 heterocycles. The summed E-state index contributed by atoms with van der Waals surface area (Å²) in [6.45, 7) is 6.36. The van der Waals surface area contributed by atoms with Crippen molar-refractivity contribution < 1.29 is 45.0 Å². The molecule has 0 radical (unpaired) electrons. The monoisotopic (exact) mass is 1040 g/mol. The molecule has 0 saturated heterocycles. The fourth-order valence-electron chi connectivity index (χ4n) is 9.90. The van der Waals surface area contributed by atoms with E-state index in [9.17, 15) is 4.79 Å². The van der Waals surface area contributed by atoms with Crippen LogP contribution in [0.25, 0.3) is 0 Å². The zero-order chi connectivity index (χ0) is 49.2. The van der Waals surface area contributed by atoms with E-state index in [1.807, 2.05) is 19.1 Å². The Morgan fingerprint density at radius 2 is 0.829 bits per heavy atom. The molecule has 3 aliphatic rings. The van der Waals surface area contributed by atoms with E-state index in [-0.39, 0.29) is 31.3 Å². The Kier molecular flexibility index (Phi) is 21.0. The summed E-state index contributed by atoms with van der Waals surface area (Å²) in [5.41, 5.74) is 11.6. The SMILES string of the molecule is CC(=N)C1(Cc2ccccc2C)CCc2ccccc2CC1.CC(=O)O.CC(=O)O.O=C1c2ccccc2CC12CCc1ccccc1CC2.[Pd].c1ccc(P(c2ccccc2)c2ccccc2)cc1. The van der Waals surface area contributed by atoms with E-state index >= 15 is 0 Å². The van der Waals surface area contributed by atoms with Crippen LogP contribution in [-0.4, -0.2) is 33.6 Å². The molecule has 0 atom stereocenters. The minimum absolute atomic E-state index is 0. The number of hydrogen-bond donors (Lipinski definition) is 3. The molecule has 0 amide bonds. The van der Waals surface area contributed by atoms with Crippen molar-refractivity contribution in [3.8, 4) is 0 Å². The van der Waals surface area contributed by atoms with Gasteiger partial charge in [0.1, 0.15) is 0 Å². The van der Waals surface area contributed by atoms with Crippen molar-refractivity contribution in [2.45, 2.75) is 91.9 Å². The van der Waals surface area contributed by atoms with Gasteiger partial charge in [0, 0.05) is 56.4 Å². The average molecular weight is 1040 g/mol. The molecule has 0 aliphatic heterocycles. The smallest absolute Gasteiger partial charge is 0.300 e. The van der Waals surface area contributed by atoms with Gasteiger partial charge in [-0.15, -0.1) is 0 Å². The summed E-state index contributed by atoms with van der Waals surface area (Å²) in [7, 11) is -0.446. The normalized spacial score (nSPS) is 14.4. The fourth-order valence-corrected chi connectivity index (χ4v) is 12.2. The van der Waals surface area contributed by atoms with Gasteiger partial charge in [-0.2, -0.15) is 0 Å². The molecule has 1 spiro atoms. The van der Waals surface area contributed by atoms with E-state index in [0.29, 0.717) is 5.78 Å². The van der Waals surface area contributed by atoms with E-state index in [0.717, 1.165) is 89.3 Å². The summed E-state index contributed by atoms with van der Waals surface area (Å²) in [5, 5.41) is 27.5. The maximum Gasteiger partial charge on any atom is 0.300 e. The summed E-state index contributed by atoms with van der Waals surface area (Å²) in [6.07, 6.45) is 10.4. The first-order chi connectivity index (χ1) is 33.3. The number of Topliss-reactive ketones (excluding diaryl/α,β-unsaturated/α-hetero) is 1. The number of benzene rings is 7. The van der Waals surface area contributed by atoms with Gasteiger partial charge in [0.25, 0.3) is 11.9 Å². The third-order valence-electron chi connectivity index (χ3n) is 13.6. The quantitative estimate of drug-likeness (QED) is 0.0664. The van der Waals surface area contributed by atoms with Crippen LogP contribution in [0.2, 0.25) is 0 Å². The predicted molar refractivity (Wildman–Crippen MR) is 286 cm³/mol. The molecule has 0 aromatic heterocycles. The second kappa shape index (κ2) is 26.8. The molecule has 0 fully saturated rings. The van der Waals surface area contributed by atoms with Crippen LogP contribution < -0.4 is 15.9 Å². The van der Waals surface area contributed by atoms with Crippen molar-refractivity contribution >= 4 is 47.3 Å². The molecule has 0 unspecified atom stereocenters. The fraction of sp³-hybridized carbons (Fsp3) is 0.258. The zero-order valence-electron chi connectivity index (χ0n) is 40.9. The number of ketones is 1. The largest absolute Gasteiger partial charge is 0.481 e. The molecule has 7 aromatic carbocycles. The van der Waals surface area contributed by atoms with Crippen LogP contribution in [-0.2, 0) is 68.5 Å². The number of nitrogens with one attached hydrogen (secondary N) is 1. The third-order valence-corrected chi connectivity index (χ3v) is 16.1. The summed E-state index contributed by atoms with van der Waals surface area (Å²) in [4.78, 5) is 30.9. The minimum atomic E-state index is -0.833. The number of aliphatic carboxylic acids is 2. The molecule has 7 aromatic rings. The van der Waals surface area contributed by atoms with Crippen LogP contribution in [0.5, 0.6) is 0 Å². The number of aryl methyl sites for hydroxylation is 5. The summed E-state index contributed by atoms with van der Waals surface area (Å²) in [5.74, 6) is -1.28. The van der Waals surface area contributed by atoms with Crippen LogP contribution in [0.3, 0.4) is 0 Å². The molecule has 364 valence electrons. The van der Waals surface area contributed by atoms with Crippen molar-refractivity contribution in [1.82, 2.24) is 0 Å². The molecule has 3 aliphatic carbocycles. The molecule has 3 N–H and O–H groups in total. The Morgan fingerprint density at radius 3 is 1.20 bits per heavy atom. The van der Waals surface area contributed by atoms with Gasteiger partial charge in [0.05, 0.1) is 0 Å². The van der Waals surface area contributed by atoms with Crippen LogP contribution in [0, 0.1) is 23.2 Å². The van der Waals surface area contributed by atoms with Crippen molar-refractivity contribution in [3.63, 3.8) is 0 Å². The van der Waals surface area contributed by atoms with Gasteiger partial charge in [0.15, 0.2) is 5.78 Å². The second-order valence-corrected chi connectivity index (χ2v) is 20.6. The number of carbonyl (C=O) groups excluding carboxylic acids is 1. The number of fused-ring (bicyclic) bond motifs is 3. The second-order valence-electron chi connectivity index (χ2n) is 18.4. The van der Waals surface area contributed by atoms with E-state index in [4.69, 9.17) is 25.2 Å². The molecule has 0 saturated carbocycles. The number of rotatable bonds is 6. The van der Waals surface area contributed by atoms with Crippen LogP contribution in [0.15, 0.2) is 188 Å². The van der Waals surface area contributed by atoms with E-state index in [1.165, 1.54) is 54.9 Å². The number of carboxylic acids is 2. The van der Waals surface area contributed by atoms with Gasteiger partial charge in [-0.3, -0.25) is 14.4 Å². The topological polar surface area (TPSA) is 116 Å². The first kappa shape index (κ1) is 54.8. The Bertz CT molecular complexity index is 2630. The minimum Gasteiger partial charge on any atom is -0.481 e. The Labute approximate surface area is 430 Å². The molecular formula is C62H66NO5PPd. The average Bonchev–Trinajstić information content (AvgIpc) is 3.46. The molecule has 70 heavy (non-hydrogen) atoms. The summed E-state index contributed by atoms with van der Waals surface area (Å²) in [6, 6.07) is 66.6. The van der Waals surface area contributed by atoms with Gasteiger partial charge < -0.3 is 15.6 Å². The van der Waals surface area contributed by atoms with E-state index < -0.39 is 19.9 Å². The van der Waals surface area contributed by atoms with Crippen molar-refractivity contribution in [2.75, 3.05) is 0 Å². The maximum atomic E-state index is 12.9. The number of carbonyl (C=O) groups is 3. The first-order valence-corrected chi connectivity index (χ1v) is 25.4. The van der Waals surface area contributed by atoms with Crippen LogP contribution >= 0.6 is 7.92 Å². The van der Waals surface area contributed by atoms with Crippen LogP contribution in [0.1, 0.15) is 95.8 Å². The molecule has 6 nitrogen and oxygen atoms in total. The third kappa shape index (κ3) is 15.0. The van der Waals surface area contributed by atoms with Gasteiger partial charge in [-0.05, 0) is 141 Å². The van der Waals surface area contributed by atoms with E-state index in [2.05, 4.69) is 183 Å².